The Labute approximate surface area is 111 Å². The predicted octanol–water partition coefficient (Wildman–Crippen LogP) is 2.11. The van der Waals surface area contributed by atoms with Crippen molar-refractivity contribution in [2.75, 3.05) is 18.5 Å². The Morgan fingerprint density at radius 2 is 2.24 bits per heavy atom. The fraction of sp³-hybridized carbons (Fsp3) is 0.500. The summed E-state index contributed by atoms with van der Waals surface area (Å²) in [5.41, 5.74) is 1.04. The molecule has 1 aromatic rings. The van der Waals surface area contributed by atoms with Crippen LogP contribution in [0.25, 0.3) is 0 Å². The highest BCUT2D eigenvalue weighted by molar-refractivity contribution is 9.10. The van der Waals surface area contributed by atoms with E-state index in [1.54, 1.807) is 6.20 Å². The van der Waals surface area contributed by atoms with E-state index in [9.17, 15) is 4.79 Å². The van der Waals surface area contributed by atoms with E-state index in [2.05, 4.69) is 26.2 Å². The number of anilines is 1. The Bertz CT molecular complexity index is 407. The van der Waals surface area contributed by atoms with Gasteiger partial charge in [-0.25, -0.2) is 4.98 Å². The van der Waals surface area contributed by atoms with E-state index < -0.39 is 0 Å². The molecule has 1 amide bonds. The second-order valence-corrected chi connectivity index (χ2v) is 5.29. The van der Waals surface area contributed by atoms with Gasteiger partial charge >= 0.3 is 0 Å². The molecule has 0 bridgehead atoms. The van der Waals surface area contributed by atoms with Gasteiger partial charge in [-0.2, -0.15) is 0 Å². The zero-order chi connectivity index (χ0) is 13.0. The summed E-state index contributed by atoms with van der Waals surface area (Å²) < 4.78 is 0.943. The summed E-state index contributed by atoms with van der Waals surface area (Å²) in [6, 6.07) is 2.15. The number of nitrogens with zero attached hydrogens (tertiary/aromatic N) is 2. The van der Waals surface area contributed by atoms with Crippen LogP contribution >= 0.6 is 15.9 Å². The lowest BCUT2D eigenvalue weighted by molar-refractivity contribution is -0.120. The van der Waals surface area contributed by atoms with Crippen molar-refractivity contribution in [1.29, 1.82) is 0 Å². The van der Waals surface area contributed by atoms with Crippen molar-refractivity contribution in [2.24, 2.45) is 0 Å². The quantitative estimate of drug-likeness (QED) is 0.926. The molecule has 0 saturated carbocycles. The molecule has 0 aliphatic heterocycles. The molecule has 1 aromatic heterocycles. The van der Waals surface area contributed by atoms with E-state index >= 15 is 0 Å². The molecule has 0 aliphatic carbocycles. The van der Waals surface area contributed by atoms with Crippen molar-refractivity contribution in [3.8, 4) is 0 Å². The summed E-state index contributed by atoms with van der Waals surface area (Å²) in [4.78, 5) is 17.8. The maximum atomic E-state index is 11.6. The first-order valence-electron chi connectivity index (χ1n) is 5.52. The molecule has 17 heavy (non-hydrogen) atoms. The summed E-state index contributed by atoms with van der Waals surface area (Å²) >= 11 is 3.37. The number of carbonyl (C=O) groups excluding carboxylic acids is 1. The summed E-state index contributed by atoms with van der Waals surface area (Å²) in [7, 11) is 1.86. The first kappa shape index (κ1) is 14.0. The lowest BCUT2D eigenvalue weighted by atomic mass is 10.2. The smallest absolute Gasteiger partial charge is 0.239 e. The van der Waals surface area contributed by atoms with E-state index in [0.29, 0.717) is 6.54 Å². The normalized spacial score (nSPS) is 10.5. The fourth-order valence-electron chi connectivity index (χ4n) is 1.59. The highest BCUT2D eigenvalue weighted by atomic mass is 79.9. The molecule has 1 rings (SSSR count). The van der Waals surface area contributed by atoms with E-state index in [1.807, 2.05) is 38.8 Å². The van der Waals surface area contributed by atoms with Gasteiger partial charge in [0.15, 0.2) is 0 Å². The van der Waals surface area contributed by atoms with Crippen molar-refractivity contribution in [2.45, 2.75) is 26.8 Å². The van der Waals surface area contributed by atoms with Crippen molar-refractivity contribution in [3.63, 3.8) is 0 Å². The minimum atomic E-state index is 0.00613. The van der Waals surface area contributed by atoms with Gasteiger partial charge in [0.1, 0.15) is 5.82 Å². The zero-order valence-electron chi connectivity index (χ0n) is 10.6. The van der Waals surface area contributed by atoms with Gasteiger partial charge in [-0.15, -0.1) is 0 Å². The molecule has 0 spiro atoms. The lowest BCUT2D eigenvalue weighted by Crippen LogP contribution is -2.39. The number of carbonyl (C=O) groups is 1. The van der Waals surface area contributed by atoms with Gasteiger partial charge in [0.2, 0.25) is 5.91 Å². The van der Waals surface area contributed by atoms with Crippen LogP contribution in [-0.4, -0.2) is 30.5 Å². The number of pyridine rings is 1. The Hall–Kier alpha value is -1.10. The van der Waals surface area contributed by atoms with Crippen LogP contribution < -0.4 is 10.2 Å². The predicted molar refractivity (Wildman–Crippen MR) is 73.2 cm³/mol. The number of nitrogens with one attached hydrogen (secondary N) is 1. The van der Waals surface area contributed by atoms with E-state index in [0.717, 1.165) is 15.9 Å². The number of hydrogen-bond acceptors (Lipinski definition) is 3. The fourth-order valence-corrected chi connectivity index (χ4v) is 2.04. The molecule has 0 unspecified atom stereocenters. The number of rotatable bonds is 4. The summed E-state index contributed by atoms with van der Waals surface area (Å²) in [6.45, 7) is 6.18. The minimum absolute atomic E-state index is 0.00613. The molecular weight excluding hydrogens is 282 g/mol. The third-order valence-corrected chi connectivity index (χ3v) is 2.64. The Kier molecular flexibility index (Phi) is 4.93. The molecule has 94 valence electrons. The Balaban J connectivity index is 2.69. The van der Waals surface area contributed by atoms with Crippen LogP contribution in [-0.2, 0) is 4.79 Å². The van der Waals surface area contributed by atoms with Gasteiger partial charge in [0.25, 0.3) is 0 Å². The molecule has 0 aromatic carbocycles. The van der Waals surface area contributed by atoms with E-state index in [1.165, 1.54) is 0 Å². The average Bonchev–Trinajstić information content (AvgIpc) is 2.15. The molecule has 0 fully saturated rings. The molecule has 0 aliphatic rings. The maximum Gasteiger partial charge on any atom is 0.239 e. The Morgan fingerprint density at radius 3 is 2.76 bits per heavy atom. The third-order valence-electron chi connectivity index (χ3n) is 2.21. The molecule has 1 N–H and O–H groups in total. The highest BCUT2D eigenvalue weighted by Crippen LogP contribution is 2.19. The van der Waals surface area contributed by atoms with Crippen molar-refractivity contribution in [1.82, 2.24) is 10.3 Å². The third kappa shape index (κ3) is 4.34. The lowest BCUT2D eigenvalue weighted by Gasteiger charge is -2.20. The van der Waals surface area contributed by atoms with Crippen LogP contribution in [0, 0.1) is 6.92 Å². The van der Waals surface area contributed by atoms with E-state index in [4.69, 9.17) is 0 Å². The number of halogens is 1. The van der Waals surface area contributed by atoms with Crippen LogP contribution in [0.2, 0.25) is 0 Å². The second kappa shape index (κ2) is 6.00. The van der Waals surface area contributed by atoms with Gasteiger partial charge in [-0.1, -0.05) is 0 Å². The van der Waals surface area contributed by atoms with E-state index in [-0.39, 0.29) is 11.9 Å². The largest absolute Gasteiger partial charge is 0.352 e. The number of hydrogen-bond donors (Lipinski definition) is 1. The highest BCUT2D eigenvalue weighted by Gasteiger charge is 2.11. The van der Waals surface area contributed by atoms with Crippen molar-refractivity contribution in [3.05, 3.63) is 22.3 Å². The molecule has 4 nitrogen and oxygen atoms in total. The summed E-state index contributed by atoms with van der Waals surface area (Å²) in [5, 5.41) is 2.86. The van der Waals surface area contributed by atoms with Gasteiger partial charge in [0.05, 0.1) is 6.54 Å². The van der Waals surface area contributed by atoms with Gasteiger partial charge in [-0.3, -0.25) is 4.79 Å². The second-order valence-electron chi connectivity index (χ2n) is 4.37. The zero-order valence-corrected chi connectivity index (χ0v) is 12.2. The maximum absolute atomic E-state index is 11.6. The van der Waals surface area contributed by atoms with Crippen molar-refractivity contribution >= 4 is 27.7 Å². The Morgan fingerprint density at radius 1 is 1.59 bits per heavy atom. The first-order chi connectivity index (χ1) is 7.90. The molecule has 1 heterocycles. The van der Waals surface area contributed by atoms with Crippen LogP contribution in [0.5, 0.6) is 0 Å². The standard InChI is InChI=1S/C12H18BrN3O/c1-8(2)15-11(17)7-16(4)12-9(3)5-10(13)6-14-12/h5-6,8H,7H2,1-4H3,(H,15,17). The van der Waals surface area contributed by atoms with Crippen LogP contribution in [0.1, 0.15) is 19.4 Å². The monoisotopic (exact) mass is 299 g/mol. The van der Waals surface area contributed by atoms with Crippen LogP contribution in [0.3, 0.4) is 0 Å². The van der Waals surface area contributed by atoms with Crippen molar-refractivity contribution < 1.29 is 4.79 Å². The SMILES string of the molecule is Cc1cc(Br)cnc1N(C)CC(=O)NC(C)C. The average molecular weight is 300 g/mol. The molecule has 0 saturated heterocycles. The molecule has 0 atom stereocenters. The van der Waals surface area contributed by atoms with Crippen LogP contribution in [0.4, 0.5) is 5.82 Å². The van der Waals surface area contributed by atoms with Gasteiger partial charge in [0, 0.05) is 23.8 Å². The number of aromatic nitrogens is 1. The molecular formula is C12H18BrN3O. The van der Waals surface area contributed by atoms with Crippen LogP contribution in [0.15, 0.2) is 16.7 Å². The number of amides is 1. The number of aryl methyl sites for hydroxylation is 1. The minimum Gasteiger partial charge on any atom is -0.352 e. The van der Waals surface area contributed by atoms with Gasteiger partial charge < -0.3 is 10.2 Å². The summed E-state index contributed by atoms with van der Waals surface area (Å²) in [6.07, 6.45) is 1.74. The first-order valence-corrected chi connectivity index (χ1v) is 6.32. The molecule has 0 radical (unpaired) electrons. The number of likely N-dealkylation sites (N-methyl/N-ethyl adjacent to an activating group) is 1. The molecule has 5 heteroatoms. The van der Waals surface area contributed by atoms with Gasteiger partial charge in [-0.05, 0) is 48.3 Å². The topological polar surface area (TPSA) is 45.2 Å². The summed E-state index contributed by atoms with van der Waals surface area (Å²) in [5.74, 6) is 0.832.